The zero-order valence-corrected chi connectivity index (χ0v) is 26.3. The van der Waals surface area contributed by atoms with Crippen molar-refractivity contribution in [1.82, 2.24) is 30.8 Å². The SMILES string of the molecule is C=C(CNCCC)N/C(=C\C)c1cc2c3c(c1)COc1cc(-c4cnc(C5CCCN5C(=O)CNC(=O)OC)[nH]4)cc(c1-3)CC2. The number of aromatic nitrogens is 2. The maximum Gasteiger partial charge on any atom is 0.407 e. The summed E-state index contributed by atoms with van der Waals surface area (Å²) in [5.74, 6) is 1.49. The molecule has 0 saturated carbocycles. The molecule has 1 unspecified atom stereocenters. The molecule has 1 aromatic heterocycles. The van der Waals surface area contributed by atoms with Gasteiger partial charge in [0.05, 0.1) is 25.0 Å². The van der Waals surface area contributed by atoms with Crippen LogP contribution in [0.25, 0.3) is 28.1 Å². The van der Waals surface area contributed by atoms with Crippen LogP contribution >= 0.6 is 0 Å². The van der Waals surface area contributed by atoms with Crippen molar-refractivity contribution in [2.24, 2.45) is 0 Å². The topological polar surface area (TPSA) is 121 Å². The largest absolute Gasteiger partial charge is 0.488 e. The molecule has 1 aliphatic carbocycles. The number of allylic oxidation sites excluding steroid dienone is 1. The monoisotopic (exact) mass is 610 g/mol. The molecule has 0 radical (unpaired) electrons. The second-order valence-corrected chi connectivity index (χ2v) is 11.8. The lowest BCUT2D eigenvalue weighted by Crippen LogP contribution is -2.40. The average Bonchev–Trinajstić information content (AvgIpc) is 3.75. The zero-order valence-electron chi connectivity index (χ0n) is 26.3. The summed E-state index contributed by atoms with van der Waals surface area (Å²) in [7, 11) is 1.28. The van der Waals surface area contributed by atoms with Crippen LogP contribution in [0.1, 0.15) is 67.2 Å². The molecule has 1 fully saturated rings. The summed E-state index contributed by atoms with van der Waals surface area (Å²) >= 11 is 0. The van der Waals surface area contributed by atoms with Crippen molar-refractivity contribution < 1.29 is 19.1 Å². The third-order valence-corrected chi connectivity index (χ3v) is 8.82. The van der Waals surface area contributed by atoms with Gasteiger partial charge in [0.1, 0.15) is 24.7 Å². The molecule has 2 aromatic carbocycles. The van der Waals surface area contributed by atoms with E-state index >= 15 is 0 Å². The number of carbonyl (C=O) groups is 2. The highest BCUT2D eigenvalue weighted by Crippen LogP contribution is 2.48. The first-order valence-electron chi connectivity index (χ1n) is 15.8. The highest BCUT2D eigenvalue weighted by molar-refractivity contribution is 5.87. The van der Waals surface area contributed by atoms with Crippen LogP contribution in [0, 0.1) is 0 Å². The van der Waals surface area contributed by atoms with Gasteiger partial charge in [0.25, 0.3) is 0 Å². The van der Waals surface area contributed by atoms with E-state index in [0.29, 0.717) is 13.2 Å². The predicted molar refractivity (Wildman–Crippen MR) is 174 cm³/mol. The van der Waals surface area contributed by atoms with E-state index in [4.69, 9.17) is 4.74 Å². The van der Waals surface area contributed by atoms with Crippen molar-refractivity contribution in [3.05, 3.63) is 76.9 Å². The minimum absolute atomic E-state index is 0.106. The molecule has 1 saturated heterocycles. The molecule has 10 heteroatoms. The third kappa shape index (κ3) is 6.20. The van der Waals surface area contributed by atoms with Crippen LogP contribution in [0.2, 0.25) is 0 Å². The number of nitrogens with zero attached hydrogens (tertiary/aromatic N) is 2. The van der Waals surface area contributed by atoms with Gasteiger partial charge in [-0.3, -0.25) is 4.79 Å². The lowest BCUT2D eigenvalue weighted by atomic mass is 9.79. The minimum Gasteiger partial charge on any atom is -0.488 e. The quantitative estimate of drug-likeness (QED) is 0.220. The number of hydrogen-bond donors (Lipinski definition) is 4. The standard InChI is InChI=1S/C35H42N6O4/c1-5-11-36-17-21(3)39-27(6-2)24-13-22-9-10-23-14-25(16-30-33(23)32(22)26(15-24)20-45-30)28-18-37-34(40-28)29-8-7-12-41(29)31(42)19-38-35(43)44-4/h6,13-16,18,29,36,39H,3,5,7-12,17,19-20H2,1-2,4H3,(H,37,40)(H,38,43)/b27-6-. The van der Waals surface area contributed by atoms with E-state index in [1.165, 1.54) is 34.9 Å². The first kappa shape index (κ1) is 30.5. The van der Waals surface area contributed by atoms with Crippen molar-refractivity contribution in [2.45, 2.75) is 58.6 Å². The highest BCUT2D eigenvalue weighted by atomic mass is 16.5. The van der Waals surface area contributed by atoms with Crippen molar-refractivity contribution in [1.29, 1.82) is 0 Å². The highest BCUT2D eigenvalue weighted by Gasteiger charge is 2.33. The van der Waals surface area contributed by atoms with Crippen molar-refractivity contribution in [3.8, 4) is 28.1 Å². The number of nitrogens with one attached hydrogen (secondary N) is 4. The van der Waals surface area contributed by atoms with Crippen LogP contribution in [0.3, 0.4) is 0 Å². The third-order valence-electron chi connectivity index (χ3n) is 8.82. The number of aryl methyl sites for hydroxylation is 2. The van der Waals surface area contributed by atoms with Gasteiger partial charge in [-0.15, -0.1) is 0 Å². The first-order chi connectivity index (χ1) is 21.9. The van der Waals surface area contributed by atoms with Gasteiger partial charge >= 0.3 is 6.09 Å². The number of ether oxygens (including phenoxy) is 2. The summed E-state index contributed by atoms with van der Waals surface area (Å²) in [6.45, 7) is 11.1. The number of amides is 2. The van der Waals surface area contributed by atoms with Gasteiger partial charge in [0.15, 0.2) is 0 Å². The molecule has 3 aromatic rings. The molecular formula is C35H42N6O4. The summed E-state index contributed by atoms with van der Waals surface area (Å²) in [6.07, 6.45) is 7.97. The fourth-order valence-corrected chi connectivity index (χ4v) is 6.69. The number of alkyl carbamates (subject to hydrolysis) is 1. The first-order valence-corrected chi connectivity index (χ1v) is 15.8. The van der Waals surface area contributed by atoms with Crippen molar-refractivity contribution >= 4 is 17.7 Å². The molecule has 0 spiro atoms. The minimum atomic E-state index is -0.620. The number of imidazole rings is 1. The average molecular weight is 611 g/mol. The Balaban J connectivity index is 1.22. The summed E-state index contributed by atoms with van der Waals surface area (Å²) in [6, 6.07) is 8.75. The lowest BCUT2D eigenvalue weighted by Gasteiger charge is -2.31. The molecule has 1 atom stereocenters. The Morgan fingerprint density at radius 3 is 2.73 bits per heavy atom. The maximum atomic E-state index is 12.8. The molecule has 6 rings (SSSR count). The van der Waals surface area contributed by atoms with Gasteiger partial charge in [-0.25, -0.2) is 9.78 Å². The summed E-state index contributed by atoms with van der Waals surface area (Å²) in [5, 5.41) is 9.41. The van der Waals surface area contributed by atoms with Crippen LogP contribution in [0.5, 0.6) is 5.75 Å². The summed E-state index contributed by atoms with van der Waals surface area (Å²) in [4.78, 5) is 34.2. The van der Waals surface area contributed by atoms with E-state index in [1.54, 1.807) is 4.90 Å². The van der Waals surface area contributed by atoms with E-state index in [0.717, 1.165) is 85.0 Å². The number of benzene rings is 2. The Labute approximate surface area is 264 Å². The van der Waals surface area contributed by atoms with E-state index in [-0.39, 0.29) is 18.5 Å². The van der Waals surface area contributed by atoms with Crippen LogP contribution in [0.4, 0.5) is 4.79 Å². The second kappa shape index (κ2) is 13.2. The molecule has 0 bridgehead atoms. The lowest BCUT2D eigenvalue weighted by molar-refractivity contribution is -0.131. The Morgan fingerprint density at radius 1 is 1.16 bits per heavy atom. The molecule has 45 heavy (non-hydrogen) atoms. The zero-order chi connectivity index (χ0) is 31.5. The molecular weight excluding hydrogens is 568 g/mol. The van der Waals surface area contributed by atoms with Gasteiger partial charge in [0.2, 0.25) is 5.91 Å². The summed E-state index contributed by atoms with van der Waals surface area (Å²) < 4.78 is 11.0. The number of aromatic amines is 1. The molecule has 10 nitrogen and oxygen atoms in total. The molecule has 2 aliphatic heterocycles. The number of H-pyrrole nitrogens is 1. The smallest absolute Gasteiger partial charge is 0.407 e. The summed E-state index contributed by atoms with van der Waals surface area (Å²) in [5.41, 5.74) is 11.4. The molecule has 3 heterocycles. The van der Waals surface area contributed by atoms with Gasteiger partial charge in [-0.2, -0.15) is 0 Å². The second-order valence-electron chi connectivity index (χ2n) is 11.8. The number of rotatable bonds is 11. The maximum absolute atomic E-state index is 12.8. The van der Waals surface area contributed by atoms with Crippen molar-refractivity contribution in [2.75, 3.05) is 33.3 Å². The van der Waals surface area contributed by atoms with Gasteiger partial charge in [-0.05, 0) is 97.7 Å². The van der Waals surface area contributed by atoms with Crippen LogP contribution in [-0.2, 0) is 29.0 Å². The molecule has 3 aliphatic rings. The fraction of sp³-hybridized carbons (Fsp3) is 0.400. The Kier molecular flexibility index (Phi) is 8.93. The molecule has 2 amide bonds. The van der Waals surface area contributed by atoms with E-state index < -0.39 is 6.09 Å². The predicted octanol–water partition coefficient (Wildman–Crippen LogP) is 5.22. The Bertz CT molecular complexity index is 1610. The Hall–Kier alpha value is -4.57. The van der Waals surface area contributed by atoms with Gasteiger partial charge < -0.3 is 35.3 Å². The van der Waals surface area contributed by atoms with Crippen LogP contribution < -0.4 is 20.7 Å². The number of methoxy groups -OCH3 is 1. The van der Waals surface area contributed by atoms with E-state index in [1.807, 2.05) is 6.20 Å². The van der Waals surface area contributed by atoms with Gasteiger partial charge in [0, 0.05) is 35.6 Å². The van der Waals surface area contributed by atoms with E-state index in [2.05, 4.69) is 81.4 Å². The van der Waals surface area contributed by atoms with Crippen LogP contribution in [-0.4, -0.2) is 60.2 Å². The number of hydrogen-bond acceptors (Lipinski definition) is 7. The van der Waals surface area contributed by atoms with Crippen molar-refractivity contribution in [3.63, 3.8) is 0 Å². The number of likely N-dealkylation sites (tertiary alicyclic amines) is 1. The fourth-order valence-electron chi connectivity index (χ4n) is 6.69. The number of carbonyl (C=O) groups excluding carboxylic acids is 2. The normalized spacial score (nSPS) is 16.6. The molecule has 236 valence electrons. The van der Waals surface area contributed by atoms with E-state index in [9.17, 15) is 9.59 Å². The van der Waals surface area contributed by atoms with Gasteiger partial charge in [-0.1, -0.05) is 19.6 Å². The van der Waals surface area contributed by atoms with Crippen LogP contribution in [0.15, 0.2) is 48.8 Å². The molecule has 4 N–H and O–H groups in total. The Morgan fingerprint density at radius 2 is 1.96 bits per heavy atom.